The molecule has 10 heteroatoms. The molecule has 1 atom stereocenters. The van der Waals surface area contributed by atoms with Crippen molar-refractivity contribution in [3.8, 4) is 0 Å². The summed E-state index contributed by atoms with van der Waals surface area (Å²) in [5.41, 5.74) is -1.53. The molecule has 2 aromatic rings. The van der Waals surface area contributed by atoms with Crippen molar-refractivity contribution in [2.75, 3.05) is 26.9 Å². The molecule has 0 spiro atoms. The molecule has 0 aliphatic carbocycles. The fraction of sp³-hybridized carbons (Fsp3) is 0.417. The van der Waals surface area contributed by atoms with Gasteiger partial charge in [0.25, 0.3) is 0 Å². The van der Waals surface area contributed by atoms with Crippen LogP contribution < -0.4 is 0 Å². The Morgan fingerprint density at radius 3 is 2.32 bits per heavy atom. The van der Waals surface area contributed by atoms with Gasteiger partial charge in [0, 0.05) is 35.9 Å². The van der Waals surface area contributed by atoms with Gasteiger partial charge in [0.05, 0.1) is 23.7 Å². The third-order valence-corrected chi connectivity index (χ3v) is 6.46. The van der Waals surface area contributed by atoms with Gasteiger partial charge < -0.3 is 9.47 Å². The zero-order valence-corrected chi connectivity index (χ0v) is 20.6. The monoisotopic (exact) mass is 535 g/mol. The van der Waals surface area contributed by atoms with Crippen molar-refractivity contribution in [2.45, 2.75) is 37.3 Å². The molecule has 0 bridgehead atoms. The Morgan fingerprint density at radius 1 is 1.03 bits per heavy atom. The standard InChI is InChI=1S/C24H23Cl3F3NO3/c1-33-7-3-2-4-8-34-22(32)19-6-5-15(9-20(19)27)21-13-23(14-31-21,24(28,29)30)16-10-17(25)12-18(26)11-16/h5-6,9-12H,2-4,7-8,13-14H2,1H3. The summed E-state index contributed by atoms with van der Waals surface area (Å²) in [7, 11) is 1.62. The first-order valence-electron chi connectivity index (χ1n) is 10.6. The number of hydrogen-bond donors (Lipinski definition) is 0. The highest BCUT2D eigenvalue weighted by Crippen LogP contribution is 2.48. The Hall–Kier alpha value is -1.80. The van der Waals surface area contributed by atoms with Crippen LogP contribution in [0.25, 0.3) is 0 Å². The number of ether oxygens (including phenoxy) is 2. The third-order valence-electron chi connectivity index (χ3n) is 5.72. The number of esters is 1. The molecule has 0 amide bonds. The molecule has 0 radical (unpaired) electrons. The minimum atomic E-state index is -4.59. The number of carbonyl (C=O) groups is 1. The largest absolute Gasteiger partial charge is 0.462 e. The first-order valence-corrected chi connectivity index (χ1v) is 11.7. The van der Waals surface area contributed by atoms with Crippen LogP contribution in [0.4, 0.5) is 13.2 Å². The van der Waals surface area contributed by atoms with Gasteiger partial charge in [-0.2, -0.15) is 13.2 Å². The van der Waals surface area contributed by atoms with Crippen molar-refractivity contribution in [3.05, 3.63) is 68.2 Å². The smallest absolute Gasteiger partial charge is 0.400 e. The van der Waals surface area contributed by atoms with Crippen LogP contribution in [0.1, 0.15) is 47.2 Å². The Bertz CT molecular complexity index is 1050. The maximum atomic E-state index is 14.3. The summed E-state index contributed by atoms with van der Waals surface area (Å²) in [6.07, 6.45) is -2.59. The molecule has 1 aliphatic heterocycles. The molecule has 3 rings (SSSR count). The normalized spacial score (nSPS) is 18.1. The lowest BCUT2D eigenvalue weighted by Gasteiger charge is -2.31. The highest BCUT2D eigenvalue weighted by Gasteiger charge is 2.58. The second-order valence-electron chi connectivity index (χ2n) is 8.06. The van der Waals surface area contributed by atoms with E-state index in [0.29, 0.717) is 18.6 Å². The highest BCUT2D eigenvalue weighted by atomic mass is 35.5. The number of nitrogens with zero attached hydrogens (tertiary/aromatic N) is 1. The molecule has 1 unspecified atom stereocenters. The van der Waals surface area contributed by atoms with Crippen LogP contribution in [0, 0.1) is 0 Å². The summed E-state index contributed by atoms with van der Waals surface area (Å²) in [5, 5.41) is 0.313. The lowest BCUT2D eigenvalue weighted by Crippen LogP contribution is -2.43. The molecule has 1 heterocycles. The molecule has 0 N–H and O–H groups in total. The molecule has 1 aliphatic rings. The molecule has 4 nitrogen and oxygen atoms in total. The lowest BCUT2D eigenvalue weighted by atomic mass is 9.76. The third kappa shape index (κ3) is 6.06. The average molecular weight is 537 g/mol. The van der Waals surface area contributed by atoms with Gasteiger partial charge in [-0.25, -0.2) is 4.79 Å². The van der Waals surface area contributed by atoms with Crippen LogP contribution in [0.15, 0.2) is 41.4 Å². The van der Waals surface area contributed by atoms with Gasteiger partial charge >= 0.3 is 12.1 Å². The summed E-state index contributed by atoms with van der Waals surface area (Å²) in [6, 6.07) is 8.31. The minimum Gasteiger partial charge on any atom is -0.462 e. The van der Waals surface area contributed by atoms with Crippen LogP contribution >= 0.6 is 34.8 Å². The quantitative estimate of drug-likeness (QED) is 0.249. The second-order valence-corrected chi connectivity index (χ2v) is 9.34. The van der Waals surface area contributed by atoms with Crippen LogP contribution in [0.3, 0.4) is 0 Å². The summed E-state index contributed by atoms with van der Waals surface area (Å²) >= 11 is 18.2. The molecule has 2 aromatic carbocycles. The first-order chi connectivity index (χ1) is 16.1. The minimum absolute atomic E-state index is 0.0481. The number of methoxy groups -OCH3 is 1. The van der Waals surface area contributed by atoms with E-state index in [9.17, 15) is 18.0 Å². The molecule has 184 valence electrons. The Morgan fingerprint density at radius 2 is 1.71 bits per heavy atom. The topological polar surface area (TPSA) is 47.9 Å². The number of unbranched alkanes of at least 4 members (excludes halogenated alkanes) is 2. The van der Waals surface area contributed by atoms with Crippen LogP contribution in [-0.2, 0) is 14.9 Å². The fourth-order valence-corrected chi connectivity index (χ4v) is 4.61. The van der Waals surface area contributed by atoms with Gasteiger partial charge in [0.1, 0.15) is 5.41 Å². The molecule has 0 aromatic heterocycles. The van der Waals surface area contributed by atoms with Gasteiger partial charge in [-0.1, -0.05) is 40.9 Å². The van der Waals surface area contributed by atoms with Crippen LogP contribution in [0.5, 0.6) is 0 Å². The van der Waals surface area contributed by atoms with Gasteiger partial charge in [0.15, 0.2) is 0 Å². The average Bonchev–Trinajstić information content (AvgIpc) is 3.22. The van der Waals surface area contributed by atoms with E-state index in [1.165, 1.54) is 36.4 Å². The van der Waals surface area contributed by atoms with Crippen molar-refractivity contribution >= 4 is 46.5 Å². The Balaban J connectivity index is 1.74. The van der Waals surface area contributed by atoms with Crippen molar-refractivity contribution in [2.24, 2.45) is 4.99 Å². The van der Waals surface area contributed by atoms with Crippen LogP contribution in [0.2, 0.25) is 15.1 Å². The van der Waals surface area contributed by atoms with E-state index in [-0.39, 0.29) is 38.5 Å². The summed E-state index contributed by atoms with van der Waals surface area (Å²) in [6.45, 7) is 0.377. The van der Waals surface area contributed by atoms with E-state index in [2.05, 4.69) is 4.99 Å². The number of aliphatic imine (C=N–C) groups is 1. The van der Waals surface area contributed by atoms with Gasteiger partial charge in [-0.15, -0.1) is 0 Å². The molecule has 0 fully saturated rings. The van der Waals surface area contributed by atoms with E-state index in [0.717, 1.165) is 12.8 Å². The molecule has 0 saturated carbocycles. The van der Waals surface area contributed by atoms with Gasteiger partial charge in [-0.3, -0.25) is 4.99 Å². The molecular formula is C24H23Cl3F3NO3. The van der Waals surface area contributed by atoms with Gasteiger partial charge in [0.2, 0.25) is 0 Å². The SMILES string of the molecule is COCCCCCOC(=O)c1ccc(C2=NCC(c3cc(Cl)cc(Cl)c3)(C(F)(F)F)C2)cc1Cl. The summed E-state index contributed by atoms with van der Waals surface area (Å²) < 4.78 is 53.0. The number of hydrogen-bond acceptors (Lipinski definition) is 4. The summed E-state index contributed by atoms with van der Waals surface area (Å²) in [4.78, 5) is 16.5. The maximum Gasteiger partial charge on any atom is 0.400 e. The Labute approximate surface area is 211 Å². The number of carbonyl (C=O) groups excluding carboxylic acids is 1. The number of rotatable bonds is 9. The van der Waals surface area contributed by atoms with E-state index in [4.69, 9.17) is 44.3 Å². The summed E-state index contributed by atoms with van der Waals surface area (Å²) in [5.74, 6) is -0.588. The molecule has 34 heavy (non-hydrogen) atoms. The van der Waals surface area contributed by atoms with E-state index >= 15 is 0 Å². The maximum absolute atomic E-state index is 14.3. The zero-order valence-electron chi connectivity index (χ0n) is 18.4. The second kappa shape index (κ2) is 11.3. The Kier molecular flexibility index (Phi) is 8.90. The fourth-order valence-electron chi connectivity index (χ4n) is 3.83. The first kappa shape index (κ1) is 26.8. The van der Waals surface area contributed by atoms with Crippen molar-refractivity contribution in [3.63, 3.8) is 0 Å². The van der Waals surface area contributed by atoms with Crippen molar-refractivity contribution < 1.29 is 27.4 Å². The predicted molar refractivity (Wildman–Crippen MR) is 128 cm³/mol. The van der Waals surface area contributed by atoms with E-state index in [1.807, 2.05) is 0 Å². The van der Waals surface area contributed by atoms with E-state index in [1.54, 1.807) is 7.11 Å². The zero-order chi connectivity index (χ0) is 24.9. The molecule has 0 saturated heterocycles. The predicted octanol–water partition coefficient (Wildman–Crippen LogP) is 7.31. The van der Waals surface area contributed by atoms with Crippen molar-refractivity contribution in [1.29, 1.82) is 0 Å². The van der Waals surface area contributed by atoms with Gasteiger partial charge in [-0.05, 0) is 60.7 Å². The van der Waals surface area contributed by atoms with Crippen LogP contribution in [-0.4, -0.2) is 44.7 Å². The lowest BCUT2D eigenvalue weighted by molar-refractivity contribution is -0.183. The number of alkyl halides is 3. The number of benzene rings is 2. The molecular weight excluding hydrogens is 514 g/mol. The van der Waals surface area contributed by atoms with Crippen molar-refractivity contribution in [1.82, 2.24) is 0 Å². The number of halogens is 6. The highest BCUT2D eigenvalue weighted by molar-refractivity contribution is 6.35. The van der Waals surface area contributed by atoms with E-state index < -0.39 is 30.5 Å².